The number of hydrogen-bond acceptors (Lipinski definition) is 3. The van der Waals surface area contributed by atoms with Gasteiger partial charge in [-0.05, 0) is 24.3 Å². The molecule has 5 heteroatoms. The standard InChI is InChI=1S/C13H11FO3S/c1-18(16,17)9-6-7-11(13(15)8-9)10-4-2-3-5-12(10)14/h2-8,15H,1H3. The van der Waals surface area contributed by atoms with Gasteiger partial charge in [-0.2, -0.15) is 0 Å². The molecule has 0 aliphatic carbocycles. The number of sulfone groups is 1. The molecule has 18 heavy (non-hydrogen) atoms. The van der Waals surface area contributed by atoms with E-state index in [4.69, 9.17) is 0 Å². The molecular weight excluding hydrogens is 255 g/mol. The molecule has 0 bridgehead atoms. The predicted molar refractivity (Wildman–Crippen MR) is 66.6 cm³/mol. The van der Waals surface area contributed by atoms with Gasteiger partial charge in [-0.25, -0.2) is 12.8 Å². The van der Waals surface area contributed by atoms with E-state index in [2.05, 4.69) is 0 Å². The van der Waals surface area contributed by atoms with Gasteiger partial charge in [0.05, 0.1) is 4.90 Å². The second-order valence-electron chi connectivity index (χ2n) is 3.93. The third kappa shape index (κ3) is 2.36. The van der Waals surface area contributed by atoms with Crippen molar-refractivity contribution >= 4 is 9.84 Å². The lowest BCUT2D eigenvalue weighted by molar-refractivity contribution is 0.474. The third-order valence-electron chi connectivity index (χ3n) is 2.56. The zero-order chi connectivity index (χ0) is 13.3. The largest absolute Gasteiger partial charge is 0.507 e. The molecule has 0 aliphatic heterocycles. The maximum Gasteiger partial charge on any atom is 0.175 e. The van der Waals surface area contributed by atoms with Crippen LogP contribution < -0.4 is 0 Å². The Labute approximate surface area is 104 Å². The molecular formula is C13H11FO3S. The molecule has 0 amide bonds. The Morgan fingerprint density at radius 3 is 2.28 bits per heavy atom. The number of benzene rings is 2. The van der Waals surface area contributed by atoms with Crippen LogP contribution in [0.15, 0.2) is 47.4 Å². The van der Waals surface area contributed by atoms with Crippen molar-refractivity contribution in [2.45, 2.75) is 4.90 Å². The minimum Gasteiger partial charge on any atom is -0.507 e. The molecule has 2 rings (SSSR count). The van der Waals surface area contributed by atoms with E-state index < -0.39 is 15.7 Å². The fraction of sp³-hybridized carbons (Fsp3) is 0.0769. The van der Waals surface area contributed by atoms with Crippen LogP contribution in [0.4, 0.5) is 4.39 Å². The smallest absolute Gasteiger partial charge is 0.175 e. The number of halogens is 1. The van der Waals surface area contributed by atoms with Crippen molar-refractivity contribution in [1.29, 1.82) is 0 Å². The van der Waals surface area contributed by atoms with Crippen LogP contribution >= 0.6 is 0 Å². The molecule has 0 unspecified atom stereocenters. The van der Waals surface area contributed by atoms with Crippen LogP contribution in [-0.2, 0) is 9.84 Å². The summed E-state index contributed by atoms with van der Waals surface area (Å²) in [6, 6.07) is 9.84. The zero-order valence-electron chi connectivity index (χ0n) is 9.59. The summed E-state index contributed by atoms with van der Waals surface area (Å²) in [5.74, 6) is -0.733. The Kier molecular flexibility index (Phi) is 3.09. The zero-order valence-corrected chi connectivity index (χ0v) is 10.4. The van der Waals surface area contributed by atoms with Crippen LogP contribution in [-0.4, -0.2) is 19.8 Å². The molecule has 3 nitrogen and oxygen atoms in total. The van der Waals surface area contributed by atoms with Crippen molar-refractivity contribution in [3.8, 4) is 16.9 Å². The molecule has 0 saturated carbocycles. The fourth-order valence-corrected chi connectivity index (χ4v) is 2.29. The lowest BCUT2D eigenvalue weighted by Gasteiger charge is -2.07. The highest BCUT2D eigenvalue weighted by Crippen LogP contribution is 2.32. The average molecular weight is 266 g/mol. The summed E-state index contributed by atoms with van der Waals surface area (Å²) in [5.41, 5.74) is 0.496. The number of phenols is 1. The van der Waals surface area contributed by atoms with Gasteiger partial charge in [-0.15, -0.1) is 0 Å². The highest BCUT2D eigenvalue weighted by molar-refractivity contribution is 7.90. The van der Waals surface area contributed by atoms with Crippen molar-refractivity contribution in [3.63, 3.8) is 0 Å². The first-order valence-corrected chi connectivity index (χ1v) is 7.07. The summed E-state index contributed by atoms with van der Waals surface area (Å²) in [6.45, 7) is 0. The quantitative estimate of drug-likeness (QED) is 0.909. The second-order valence-corrected chi connectivity index (χ2v) is 5.95. The minimum absolute atomic E-state index is 0.0000827. The summed E-state index contributed by atoms with van der Waals surface area (Å²) in [7, 11) is -3.39. The summed E-state index contributed by atoms with van der Waals surface area (Å²) in [4.78, 5) is 0.0000827. The molecule has 2 aromatic rings. The summed E-state index contributed by atoms with van der Waals surface area (Å²) < 4.78 is 36.2. The third-order valence-corrected chi connectivity index (χ3v) is 3.67. The maximum absolute atomic E-state index is 13.6. The molecule has 2 aromatic carbocycles. The monoisotopic (exact) mass is 266 g/mol. The molecule has 0 aromatic heterocycles. The van der Waals surface area contributed by atoms with Gasteiger partial charge in [0.2, 0.25) is 0 Å². The van der Waals surface area contributed by atoms with Gasteiger partial charge in [-0.1, -0.05) is 18.2 Å². The molecule has 0 atom stereocenters. The minimum atomic E-state index is -3.39. The maximum atomic E-state index is 13.6. The van der Waals surface area contributed by atoms with Gasteiger partial charge >= 0.3 is 0 Å². The Balaban J connectivity index is 2.59. The van der Waals surface area contributed by atoms with Crippen molar-refractivity contribution in [2.75, 3.05) is 6.26 Å². The molecule has 0 fully saturated rings. The molecule has 0 radical (unpaired) electrons. The predicted octanol–water partition coefficient (Wildman–Crippen LogP) is 2.60. The SMILES string of the molecule is CS(=O)(=O)c1ccc(-c2ccccc2F)c(O)c1. The number of hydrogen-bond donors (Lipinski definition) is 1. The van der Waals surface area contributed by atoms with Gasteiger partial charge in [0.1, 0.15) is 11.6 Å². The Hall–Kier alpha value is -1.88. The van der Waals surface area contributed by atoms with Crippen LogP contribution in [0, 0.1) is 5.82 Å². The second kappa shape index (κ2) is 4.42. The Morgan fingerprint density at radius 1 is 1.06 bits per heavy atom. The molecule has 94 valence electrons. The van der Waals surface area contributed by atoms with E-state index in [0.29, 0.717) is 0 Å². The summed E-state index contributed by atoms with van der Waals surface area (Å²) in [6.07, 6.45) is 1.05. The lowest BCUT2D eigenvalue weighted by atomic mass is 10.0. The normalized spacial score (nSPS) is 11.4. The highest BCUT2D eigenvalue weighted by Gasteiger charge is 2.13. The van der Waals surface area contributed by atoms with E-state index in [1.165, 1.54) is 24.3 Å². The van der Waals surface area contributed by atoms with E-state index in [-0.39, 0.29) is 21.8 Å². The van der Waals surface area contributed by atoms with E-state index in [1.807, 2.05) is 0 Å². The van der Waals surface area contributed by atoms with E-state index >= 15 is 0 Å². The molecule has 0 aliphatic rings. The van der Waals surface area contributed by atoms with E-state index in [0.717, 1.165) is 12.3 Å². The van der Waals surface area contributed by atoms with Crippen LogP contribution in [0.1, 0.15) is 0 Å². The molecule has 0 saturated heterocycles. The molecule has 0 spiro atoms. The van der Waals surface area contributed by atoms with Crippen molar-refractivity contribution in [1.82, 2.24) is 0 Å². The van der Waals surface area contributed by atoms with Gasteiger partial charge in [0.25, 0.3) is 0 Å². The van der Waals surface area contributed by atoms with Crippen molar-refractivity contribution in [2.24, 2.45) is 0 Å². The van der Waals surface area contributed by atoms with Crippen LogP contribution in [0.3, 0.4) is 0 Å². The topological polar surface area (TPSA) is 54.4 Å². The Morgan fingerprint density at radius 2 is 1.72 bits per heavy atom. The lowest BCUT2D eigenvalue weighted by Crippen LogP contribution is -1.97. The van der Waals surface area contributed by atoms with Gasteiger partial charge in [0, 0.05) is 17.4 Å². The summed E-state index contributed by atoms with van der Waals surface area (Å²) >= 11 is 0. The van der Waals surface area contributed by atoms with Crippen molar-refractivity contribution < 1.29 is 17.9 Å². The van der Waals surface area contributed by atoms with E-state index in [1.54, 1.807) is 12.1 Å². The molecule has 0 heterocycles. The fourth-order valence-electron chi connectivity index (χ4n) is 1.65. The number of phenolic OH excluding ortho intramolecular Hbond substituents is 1. The Bertz CT molecular complexity index is 693. The van der Waals surface area contributed by atoms with E-state index in [9.17, 15) is 17.9 Å². The first-order chi connectivity index (χ1) is 8.39. The van der Waals surface area contributed by atoms with Crippen molar-refractivity contribution in [3.05, 3.63) is 48.3 Å². The average Bonchev–Trinajstić information content (AvgIpc) is 2.29. The van der Waals surface area contributed by atoms with Crippen LogP contribution in [0.5, 0.6) is 5.75 Å². The molecule has 1 N–H and O–H groups in total. The summed E-state index contributed by atoms with van der Waals surface area (Å²) in [5, 5.41) is 9.80. The van der Waals surface area contributed by atoms with Crippen LogP contribution in [0.2, 0.25) is 0 Å². The first-order valence-electron chi connectivity index (χ1n) is 5.17. The van der Waals surface area contributed by atoms with Gasteiger partial charge in [-0.3, -0.25) is 0 Å². The number of aromatic hydroxyl groups is 1. The highest BCUT2D eigenvalue weighted by atomic mass is 32.2. The van der Waals surface area contributed by atoms with Crippen LogP contribution in [0.25, 0.3) is 11.1 Å². The first kappa shape index (κ1) is 12.6. The van der Waals surface area contributed by atoms with Gasteiger partial charge < -0.3 is 5.11 Å². The van der Waals surface area contributed by atoms with Gasteiger partial charge in [0.15, 0.2) is 9.84 Å². The number of rotatable bonds is 2.